The number of rotatable bonds is 6. The fourth-order valence-corrected chi connectivity index (χ4v) is 2.89. The Morgan fingerprint density at radius 1 is 1.31 bits per heavy atom. The molecule has 92 valence electrons. The standard InChI is InChI=1S/C14H25NO/c1-12(2)15(9-13-5-6-13)10-14(11-16)7-3-4-8-14/h11-13H,3-10H2,1-2H3. The summed E-state index contributed by atoms with van der Waals surface area (Å²) >= 11 is 0. The van der Waals surface area contributed by atoms with E-state index in [1.165, 1.54) is 38.5 Å². The Balaban J connectivity index is 1.94. The molecule has 0 saturated heterocycles. The van der Waals surface area contributed by atoms with Gasteiger partial charge in [-0.05, 0) is 45.4 Å². The van der Waals surface area contributed by atoms with Crippen molar-refractivity contribution in [3.63, 3.8) is 0 Å². The van der Waals surface area contributed by atoms with Crippen LogP contribution in [0.5, 0.6) is 0 Å². The molecule has 0 atom stereocenters. The fourth-order valence-electron chi connectivity index (χ4n) is 2.89. The Labute approximate surface area is 99.4 Å². The zero-order chi connectivity index (χ0) is 11.6. The van der Waals surface area contributed by atoms with Crippen LogP contribution in [-0.4, -0.2) is 30.3 Å². The highest BCUT2D eigenvalue weighted by atomic mass is 16.1. The molecule has 0 N–H and O–H groups in total. The fraction of sp³-hybridized carbons (Fsp3) is 0.929. The van der Waals surface area contributed by atoms with Crippen LogP contribution in [0.3, 0.4) is 0 Å². The number of aldehydes is 1. The van der Waals surface area contributed by atoms with Crippen molar-refractivity contribution in [2.75, 3.05) is 13.1 Å². The smallest absolute Gasteiger partial charge is 0.127 e. The predicted molar refractivity (Wildman–Crippen MR) is 66.4 cm³/mol. The summed E-state index contributed by atoms with van der Waals surface area (Å²) in [5.41, 5.74) is -0.000833. The molecule has 2 fully saturated rings. The first-order valence-electron chi connectivity index (χ1n) is 6.86. The molecule has 0 aromatic heterocycles. The first-order valence-corrected chi connectivity index (χ1v) is 6.86. The van der Waals surface area contributed by atoms with Gasteiger partial charge in [-0.1, -0.05) is 12.8 Å². The Bertz CT molecular complexity index is 239. The maximum atomic E-state index is 11.4. The van der Waals surface area contributed by atoms with Gasteiger partial charge in [-0.3, -0.25) is 4.90 Å². The number of hydrogen-bond donors (Lipinski definition) is 0. The summed E-state index contributed by atoms with van der Waals surface area (Å²) in [6.07, 6.45) is 8.77. The Morgan fingerprint density at radius 3 is 2.38 bits per heavy atom. The average molecular weight is 223 g/mol. The third-order valence-corrected chi connectivity index (χ3v) is 4.29. The molecule has 0 bridgehead atoms. The first-order chi connectivity index (χ1) is 7.65. The lowest BCUT2D eigenvalue weighted by Crippen LogP contribution is -2.42. The van der Waals surface area contributed by atoms with Crippen molar-refractivity contribution in [1.29, 1.82) is 0 Å². The van der Waals surface area contributed by atoms with Gasteiger partial charge in [0.05, 0.1) is 0 Å². The lowest BCUT2D eigenvalue weighted by molar-refractivity contribution is -0.117. The van der Waals surface area contributed by atoms with Crippen LogP contribution in [0.4, 0.5) is 0 Å². The van der Waals surface area contributed by atoms with Gasteiger partial charge in [-0.25, -0.2) is 0 Å². The summed E-state index contributed by atoms with van der Waals surface area (Å²) in [5, 5.41) is 0. The Kier molecular flexibility index (Phi) is 3.68. The van der Waals surface area contributed by atoms with E-state index in [4.69, 9.17) is 0 Å². The van der Waals surface area contributed by atoms with Gasteiger partial charge in [0.2, 0.25) is 0 Å². The Morgan fingerprint density at radius 2 is 1.94 bits per heavy atom. The van der Waals surface area contributed by atoms with Crippen molar-refractivity contribution < 1.29 is 4.79 Å². The van der Waals surface area contributed by atoms with Crippen LogP contribution in [0, 0.1) is 11.3 Å². The molecule has 2 nitrogen and oxygen atoms in total. The maximum Gasteiger partial charge on any atom is 0.127 e. The van der Waals surface area contributed by atoms with Gasteiger partial charge in [0.15, 0.2) is 0 Å². The van der Waals surface area contributed by atoms with Crippen molar-refractivity contribution in [3.8, 4) is 0 Å². The van der Waals surface area contributed by atoms with Crippen molar-refractivity contribution >= 4 is 6.29 Å². The number of carbonyl (C=O) groups is 1. The van der Waals surface area contributed by atoms with E-state index in [9.17, 15) is 4.79 Å². The van der Waals surface area contributed by atoms with Gasteiger partial charge in [-0.15, -0.1) is 0 Å². The lowest BCUT2D eigenvalue weighted by atomic mass is 9.87. The molecule has 0 spiro atoms. The van der Waals surface area contributed by atoms with E-state index in [1.807, 2.05) is 0 Å². The molecule has 16 heavy (non-hydrogen) atoms. The van der Waals surface area contributed by atoms with Crippen LogP contribution in [0.25, 0.3) is 0 Å². The molecule has 2 rings (SSSR count). The van der Waals surface area contributed by atoms with Gasteiger partial charge in [0, 0.05) is 24.5 Å². The van der Waals surface area contributed by atoms with E-state index in [1.54, 1.807) is 0 Å². The van der Waals surface area contributed by atoms with Crippen molar-refractivity contribution in [2.45, 2.75) is 58.4 Å². The third kappa shape index (κ3) is 2.85. The normalized spacial score (nSPS) is 24.2. The molecule has 0 unspecified atom stereocenters. The van der Waals surface area contributed by atoms with Crippen molar-refractivity contribution in [1.82, 2.24) is 4.90 Å². The van der Waals surface area contributed by atoms with Crippen LogP contribution in [0.2, 0.25) is 0 Å². The Hall–Kier alpha value is -0.370. The molecular formula is C14H25NO. The van der Waals surface area contributed by atoms with E-state index in [0.717, 1.165) is 25.3 Å². The molecule has 0 heterocycles. The van der Waals surface area contributed by atoms with Gasteiger partial charge in [-0.2, -0.15) is 0 Å². The molecule has 0 radical (unpaired) electrons. The van der Waals surface area contributed by atoms with Crippen LogP contribution >= 0.6 is 0 Å². The minimum absolute atomic E-state index is 0.000833. The minimum Gasteiger partial charge on any atom is -0.303 e. The summed E-state index contributed by atoms with van der Waals surface area (Å²) in [6.45, 7) is 6.74. The van der Waals surface area contributed by atoms with E-state index in [2.05, 4.69) is 18.7 Å². The van der Waals surface area contributed by atoms with E-state index in [-0.39, 0.29) is 5.41 Å². The molecule has 2 heteroatoms. The molecular weight excluding hydrogens is 198 g/mol. The summed E-state index contributed by atoms with van der Waals surface area (Å²) in [5.74, 6) is 0.924. The zero-order valence-electron chi connectivity index (χ0n) is 10.7. The van der Waals surface area contributed by atoms with E-state index < -0.39 is 0 Å². The molecule has 2 aliphatic carbocycles. The van der Waals surface area contributed by atoms with Crippen molar-refractivity contribution in [2.24, 2.45) is 11.3 Å². The highest BCUT2D eigenvalue weighted by Crippen LogP contribution is 2.38. The highest BCUT2D eigenvalue weighted by Gasteiger charge is 2.37. The quantitative estimate of drug-likeness (QED) is 0.645. The zero-order valence-corrected chi connectivity index (χ0v) is 10.7. The summed E-state index contributed by atoms with van der Waals surface area (Å²) in [6, 6.07) is 0.582. The minimum atomic E-state index is -0.000833. The molecule has 0 aromatic rings. The summed E-state index contributed by atoms with van der Waals surface area (Å²) in [7, 11) is 0. The first kappa shape index (κ1) is 12.1. The second kappa shape index (κ2) is 4.87. The van der Waals surface area contributed by atoms with E-state index in [0.29, 0.717) is 6.04 Å². The third-order valence-electron chi connectivity index (χ3n) is 4.29. The molecule has 0 aliphatic heterocycles. The van der Waals surface area contributed by atoms with Gasteiger partial charge >= 0.3 is 0 Å². The van der Waals surface area contributed by atoms with Gasteiger partial charge < -0.3 is 4.79 Å². The summed E-state index contributed by atoms with van der Waals surface area (Å²) in [4.78, 5) is 13.9. The molecule has 0 amide bonds. The second-order valence-corrected chi connectivity index (χ2v) is 6.15. The van der Waals surface area contributed by atoms with Crippen LogP contribution in [0.1, 0.15) is 52.4 Å². The largest absolute Gasteiger partial charge is 0.303 e. The van der Waals surface area contributed by atoms with E-state index >= 15 is 0 Å². The molecule has 2 saturated carbocycles. The monoisotopic (exact) mass is 223 g/mol. The topological polar surface area (TPSA) is 20.3 Å². The maximum absolute atomic E-state index is 11.4. The number of nitrogens with zero attached hydrogens (tertiary/aromatic N) is 1. The summed E-state index contributed by atoms with van der Waals surface area (Å²) < 4.78 is 0. The lowest BCUT2D eigenvalue weighted by Gasteiger charge is -2.34. The number of carbonyl (C=O) groups excluding carboxylic acids is 1. The highest BCUT2D eigenvalue weighted by molar-refractivity contribution is 5.60. The van der Waals surface area contributed by atoms with Crippen LogP contribution < -0.4 is 0 Å². The SMILES string of the molecule is CC(C)N(CC1CC1)CC1(C=O)CCCC1. The molecule has 2 aliphatic rings. The van der Waals surface area contributed by atoms with Crippen LogP contribution in [0.15, 0.2) is 0 Å². The van der Waals surface area contributed by atoms with Crippen LogP contribution in [-0.2, 0) is 4.79 Å². The predicted octanol–water partition coefficient (Wildman–Crippen LogP) is 2.87. The van der Waals surface area contributed by atoms with Gasteiger partial charge in [0.25, 0.3) is 0 Å². The number of hydrogen-bond acceptors (Lipinski definition) is 2. The average Bonchev–Trinajstić information content (AvgIpc) is 2.95. The molecule has 0 aromatic carbocycles. The second-order valence-electron chi connectivity index (χ2n) is 6.15. The van der Waals surface area contributed by atoms with Gasteiger partial charge in [0.1, 0.15) is 6.29 Å². The van der Waals surface area contributed by atoms with Crippen molar-refractivity contribution in [3.05, 3.63) is 0 Å².